The maximum atomic E-state index is 13.2. The van der Waals surface area contributed by atoms with E-state index < -0.39 is 17.8 Å². The first-order valence-electron chi connectivity index (χ1n) is 12.4. The van der Waals surface area contributed by atoms with Gasteiger partial charge in [0.1, 0.15) is 17.7 Å². The fraction of sp³-hybridized carbons (Fsp3) is 0.444. The van der Waals surface area contributed by atoms with Crippen molar-refractivity contribution in [1.29, 1.82) is 0 Å². The molecule has 2 aromatic rings. The number of likely N-dealkylation sites (N-methyl/N-ethyl adjacent to an activating group) is 1. The average molecular weight is 499 g/mol. The molecule has 0 aromatic heterocycles. The van der Waals surface area contributed by atoms with E-state index in [-0.39, 0.29) is 41.6 Å². The van der Waals surface area contributed by atoms with Gasteiger partial charge in [0, 0.05) is 50.1 Å². The first kappa shape index (κ1) is 25.8. The lowest BCUT2D eigenvalue weighted by Crippen LogP contribution is -2.54. The summed E-state index contributed by atoms with van der Waals surface area (Å²) < 4.78 is 26.4. The topological polar surface area (TPSA) is 81.8 Å². The van der Waals surface area contributed by atoms with E-state index >= 15 is 0 Å². The Balaban J connectivity index is 1.30. The van der Waals surface area contributed by atoms with E-state index in [4.69, 9.17) is 0 Å². The Morgan fingerprint density at radius 1 is 0.944 bits per heavy atom. The number of carbonyl (C=O) groups excluding carboxylic acids is 3. The van der Waals surface area contributed by atoms with E-state index in [1.165, 1.54) is 36.4 Å². The Labute approximate surface area is 209 Å². The van der Waals surface area contributed by atoms with E-state index in [0.29, 0.717) is 25.9 Å². The zero-order valence-corrected chi connectivity index (χ0v) is 20.4. The first-order chi connectivity index (χ1) is 17.3. The Kier molecular flexibility index (Phi) is 8.30. The van der Waals surface area contributed by atoms with Gasteiger partial charge in [-0.1, -0.05) is 12.1 Å². The van der Waals surface area contributed by atoms with Gasteiger partial charge in [-0.05, 0) is 68.3 Å². The molecule has 192 valence electrons. The lowest BCUT2D eigenvalue weighted by atomic mass is 10.1. The molecule has 1 saturated heterocycles. The fourth-order valence-corrected chi connectivity index (χ4v) is 4.53. The maximum Gasteiger partial charge on any atom is 0.251 e. The SMILES string of the molecule is CN1CCN(C(=O)[C@H](CCCC(=O)NC2CC2c2ccc(F)cc2)NC(=O)c2ccc(F)cc2)CC1. The third-order valence-electron chi connectivity index (χ3n) is 6.86. The number of nitrogens with one attached hydrogen (secondary N) is 2. The van der Waals surface area contributed by atoms with E-state index in [1.54, 1.807) is 17.0 Å². The van der Waals surface area contributed by atoms with Crippen molar-refractivity contribution in [2.24, 2.45) is 0 Å². The Bertz CT molecular complexity index is 1070. The zero-order valence-electron chi connectivity index (χ0n) is 20.4. The fourth-order valence-electron chi connectivity index (χ4n) is 4.53. The smallest absolute Gasteiger partial charge is 0.251 e. The molecule has 2 aliphatic rings. The van der Waals surface area contributed by atoms with Crippen molar-refractivity contribution in [3.63, 3.8) is 0 Å². The highest BCUT2D eigenvalue weighted by Gasteiger charge is 2.39. The molecule has 1 aliphatic heterocycles. The molecule has 0 spiro atoms. The van der Waals surface area contributed by atoms with Crippen LogP contribution >= 0.6 is 0 Å². The summed E-state index contributed by atoms with van der Waals surface area (Å²) in [6.07, 6.45) is 1.78. The summed E-state index contributed by atoms with van der Waals surface area (Å²) in [5.74, 6) is -1.27. The Morgan fingerprint density at radius 3 is 2.19 bits per heavy atom. The molecule has 36 heavy (non-hydrogen) atoms. The Morgan fingerprint density at radius 2 is 1.56 bits per heavy atom. The van der Waals surface area contributed by atoms with Gasteiger partial charge in [0.25, 0.3) is 5.91 Å². The number of hydrogen-bond donors (Lipinski definition) is 2. The second kappa shape index (κ2) is 11.6. The van der Waals surface area contributed by atoms with E-state index in [9.17, 15) is 23.2 Å². The number of carbonyl (C=O) groups is 3. The van der Waals surface area contributed by atoms with Gasteiger partial charge in [-0.25, -0.2) is 8.78 Å². The van der Waals surface area contributed by atoms with Crippen LogP contribution in [0, 0.1) is 11.6 Å². The van der Waals surface area contributed by atoms with E-state index in [2.05, 4.69) is 15.5 Å². The monoisotopic (exact) mass is 498 g/mol. The third kappa shape index (κ3) is 6.87. The second-order valence-corrected chi connectivity index (χ2v) is 9.62. The number of halogens is 2. The molecule has 2 unspecified atom stereocenters. The van der Waals surface area contributed by atoms with Crippen molar-refractivity contribution in [2.45, 2.75) is 43.7 Å². The van der Waals surface area contributed by atoms with Gasteiger partial charge in [-0.15, -0.1) is 0 Å². The minimum atomic E-state index is -0.772. The summed E-state index contributed by atoms with van der Waals surface area (Å²) in [6.45, 7) is 2.66. The van der Waals surface area contributed by atoms with Crippen molar-refractivity contribution < 1.29 is 23.2 Å². The third-order valence-corrected chi connectivity index (χ3v) is 6.86. The molecule has 3 amide bonds. The summed E-state index contributed by atoms with van der Waals surface area (Å²) in [4.78, 5) is 42.3. The van der Waals surface area contributed by atoms with Crippen LogP contribution in [0.1, 0.15) is 47.5 Å². The molecule has 2 aromatic carbocycles. The largest absolute Gasteiger partial charge is 0.353 e. The number of rotatable bonds is 9. The molecular formula is C27H32F2N4O3. The second-order valence-electron chi connectivity index (χ2n) is 9.62. The normalized spacial score (nSPS) is 20.5. The minimum absolute atomic E-state index is 0.0314. The van der Waals surface area contributed by atoms with Gasteiger partial charge in [0.2, 0.25) is 11.8 Å². The van der Waals surface area contributed by atoms with Crippen LogP contribution < -0.4 is 10.6 Å². The number of hydrogen-bond acceptors (Lipinski definition) is 4. The van der Waals surface area contributed by atoms with Gasteiger partial charge in [-0.3, -0.25) is 14.4 Å². The first-order valence-corrected chi connectivity index (χ1v) is 12.4. The van der Waals surface area contributed by atoms with Crippen molar-refractivity contribution in [1.82, 2.24) is 20.4 Å². The maximum absolute atomic E-state index is 13.2. The van der Waals surface area contributed by atoms with Gasteiger partial charge in [0.05, 0.1) is 0 Å². The molecule has 9 heteroatoms. The highest BCUT2D eigenvalue weighted by atomic mass is 19.1. The van der Waals surface area contributed by atoms with Crippen LogP contribution in [0.3, 0.4) is 0 Å². The Hall–Kier alpha value is -3.33. The number of nitrogens with zero attached hydrogens (tertiary/aromatic N) is 2. The summed E-state index contributed by atoms with van der Waals surface area (Å²) in [5, 5.41) is 5.80. The minimum Gasteiger partial charge on any atom is -0.353 e. The van der Waals surface area contributed by atoms with Crippen molar-refractivity contribution in [3.8, 4) is 0 Å². The standard InChI is InChI=1S/C27H32F2N4O3/c1-32-13-15-33(16-14-32)27(36)23(31-26(35)19-7-11-21(29)12-8-19)3-2-4-25(34)30-24-17-22(24)18-5-9-20(28)10-6-18/h5-12,22-24H,2-4,13-17H2,1H3,(H,30,34)(H,31,35)/t22?,23-,24?/m0/s1. The molecule has 7 nitrogen and oxygen atoms in total. The molecule has 3 atom stereocenters. The van der Waals surface area contributed by atoms with Crippen LogP contribution in [0.25, 0.3) is 0 Å². The van der Waals surface area contributed by atoms with Gasteiger partial charge < -0.3 is 20.4 Å². The van der Waals surface area contributed by atoms with Gasteiger partial charge in [0.15, 0.2) is 0 Å². The number of piperazine rings is 1. The number of benzene rings is 2. The molecule has 2 N–H and O–H groups in total. The molecule has 0 radical (unpaired) electrons. The van der Waals surface area contributed by atoms with Crippen LogP contribution in [0.15, 0.2) is 48.5 Å². The molecule has 1 aliphatic carbocycles. The quantitative estimate of drug-likeness (QED) is 0.557. The molecule has 2 fully saturated rings. The van der Waals surface area contributed by atoms with Gasteiger partial charge in [-0.2, -0.15) is 0 Å². The van der Waals surface area contributed by atoms with Crippen molar-refractivity contribution in [2.75, 3.05) is 33.2 Å². The highest BCUT2D eigenvalue weighted by molar-refractivity contribution is 5.97. The summed E-state index contributed by atoms with van der Waals surface area (Å²) in [6, 6.07) is 10.7. The summed E-state index contributed by atoms with van der Waals surface area (Å²) >= 11 is 0. The lowest BCUT2D eigenvalue weighted by Gasteiger charge is -2.34. The van der Waals surface area contributed by atoms with E-state index in [1.807, 2.05) is 7.05 Å². The van der Waals surface area contributed by atoms with Crippen LogP contribution in [0.5, 0.6) is 0 Å². The van der Waals surface area contributed by atoms with Crippen LogP contribution in [-0.2, 0) is 9.59 Å². The number of amides is 3. The van der Waals surface area contributed by atoms with Crippen LogP contribution in [-0.4, -0.2) is 72.8 Å². The summed E-state index contributed by atoms with van der Waals surface area (Å²) in [7, 11) is 1.99. The molecule has 1 heterocycles. The van der Waals surface area contributed by atoms with Crippen molar-refractivity contribution in [3.05, 3.63) is 71.3 Å². The predicted octanol–water partition coefficient (Wildman–Crippen LogP) is 2.68. The average Bonchev–Trinajstić information content (AvgIpc) is 3.63. The van der Waals surface area contributed by atoms with Crippen LogP contribution in [0.2, 0.25) is 0 Å². The highest BCUT2D eigenvalue weighted by Crippen LogP contribution is 2.40. The molecule has 1 saturated carbocycles. The zero-order chi connectivity index (χ0) is 25.7. The molecule has 0 bridgehead atoms. The van der Waals surface area contributed by atoms with E-state index in [0.717, 1.165) is 25.1 Å². The molecular weight excluding hydrogens is 466 g/mol. The van der Waals surface area contributed by atoms with Crippen LogP contribution in [0.4, 0.5) is 8.78 Å². The predicted molar refractivity (Wildman–Crippen MR) is 131 cm³/mol. The molecule has 4 rings (SSSR count). The summed E-state index contributed by atoms with van der Waals surface area (Å²) in [5.41, 5.74) is 1.27. The van der Waals surface area contributed by atoms with Crippen molar-refractivity contribution >= 4 is 17.7 Å². The van der Waals surface area contributed by atoms with Gasteiger partial charge >= 0.3 is 0 Å². The lowest BCUT2D eigenvalue weighted by molar-refractivity contribution is -0.135.